The summed E-state index contributed by atoms with van der Waals surface area (Å²) in [7, 11) is 1.60. The fourth-order valence-corrected chi connectivity index (χ4v) is 3.69. The van der Waals surface area contributed by atoms with Gasteiger partial charge >= 0.3 is 0 Å². The monoisotopic (exact) mass is 500 g/mol. The summed E-state index contributed by atoms with van der Waals surface area (Å²) in [5.74, 6) is 1.50. The Hall–Kier alpha value is -3.82. The molecule has 4 rings (SSSR count). The number of oxazole rings is 1. The third-order valence-electron chi connectivity index (χ3n) is 4.99. The van der Waals surface area contributed by atoms with Gasteiger partial charge in [0.25, 0.3) is 0 Å². The van der Waals surface area contributed by atoms with Crippen LogP contribution < -0.4 is 9.47 Å². The molecule has 0 saturated carbocycles. The van der Waals surface area contributed by atoms with E-state index in [9.17, 15) is 5.26 Å². The van der Waals surface area contributed by atoms with Gasteiger partial charge in [-0.15, -0.1) is 6.58 Å². The van der Waals surface area contributed by atoms with Crippen molar-refractivity contribution in [3.05, 3.63) is 100 Å². The van der Waals surface area contributed by atoms with E-state index in [0.29, 0.717) is 41.2 Å². The Bertz CT molecular complexity index is 1330. The first kappa shape index (κ1) is 22.4. The van der Waals surface area contributed by atoms with Crippen LogP contribution in [0.4, 0.5) is 0 Å². The summed E-state index contributed by atoms with van der Waals surface area (Å²) in [6.45, 7) is 4.26. The van der Waals surface area contributed by atoms with Gasteiger partial charge in [0, 0.05) is 10.0 Å². The zero-order chi connectivity index (χ0) is 23.2. The number of aromatic nitrogens is 1. The lowest BCUT2D eigenvalue weighted by Crippen LogP contribution is -2.02. The molecule has 0 unspecified atom stereocenters. The number of ether oxygens (including phenoxy) is 2. The van der Waals surface area contributed by atoms with E-state index in [1.165, 1.54) is 0 Å². The SMILES string of the molecule is C=CCc1cc(/C=C(\C#N)c2nc3ccccc3o2)cc(OC)c1OCc1ccc(Br)cc1. The molecule has 0 fully saturated rings. The third-order valence-corrected chi connectivity index (χ3v) is 5.52. The predicted molar refractivity (Wildman–Crippen MR) is 133 cm³/mol. The average molecular weight is 501 g/mol. The first-order chi connectivity index (χ1) is 16.1. The fraction of sp³-hybridized carbons (Fsp3) is 0.111. The van der Waals surface area contributed by atoms with E-state index in [-0.39, 0.29) is 5.89 Å². The number of benzene rings is 3. The second-order valence-electron chi connectivity index (χ2n) is 7.28. The van der Waals surface area contributed by atoms with Crippen LogP contribution in [-0.2, 0) is 13.0 Å². The minimum Gasteiger partial charge on any atom is -0.493 e. The molecule has 0 atom stereocenters. The first-order valence-corrected chi connectivity index (χ1v) is 11.1. The molecule has 0 saturated heterocycles. The molecule has 0 bridgehead atoms. The minimum atomic E-state index is 0.276. The molecule has 1 heterocycles. The van der Waals surface area contributed by atoms with Gasteiger partial charge in [-0.2, -0.15) is 5.26 Å². The van der Waals surface area contributed by atoms with Gasteiger partial charge in [-0.1, -0.05) is 46.3 Å². The number of hydrogen-bond donors (Lipinski definition) is 0. The van der Waals surface area contributed by atoms with E-state index in [1.807, 2.05) is 60.7 Å². The minimum absolute atomic E-state index is 0.276. The van der Waals surface area contributed by atoms with Crippen LogP contribution >= 0.6 is 15.9 Å². The number of nitrogens with zero attached hydrogens (tertiary/aromatic N) is 2. The van der Waals surface area contributed by atoms with E-state index in [1.54, 1.807) is 19.3 Å². The van der Waals surface area contributed by atoms with Crippen molar-refractivity contribution in [2.24, 2.45) is 0 Å². The van der Waals surface area contributed by atoms with Gasteiger partial charge in [-0.3, -0.25) is 0 Å². The molecular formula is C27H21BrN2O3. The van der Waals surface area contributed by atoms with Crippen molar-refractivity contribution in [1.82, 2.24) is 4.98 Å². The van der Waals surface area contributed by atoms with Crippen molar-refractivity contribution in [2.45, 2.75) is 13.0 Å². The third kappa shape index (κ3) is 5.16. The lowest BCUT2D eigenvalue weighted by Gasteiger charge is -2.16. The van der Waals surface area contributed by atoms with Crippen LogP contribution in [0.2, 0.25) is 0 Å². The van der Waals surface area contributed by atoms with Gasteiger partial charge in [0.2, 0.25) is 5.89 Å². The van der Waals surface area contributed by atoms with E-state index in [2.05, 4.69) is 33.6 Å². The Balaban J connectivity index is 1.69. The van der Waals surface area contributed by atoms with E-state index >= 15 is 0 Å². The van der Waals surface area contributed by atoms with Gasteiger partial charge in [-0.05, 0) is 60.0 Å². The van der Waals surface area contributed by atoms with Gasteiger partial charge in [-0.25, -0.2) is 4.98 Å². The Kier molecular flexibility index (Phi) is 6.92. The van der Waals surface area contributed by atoms with Gasteiger partial charge in [0.1, 0.15) is 23.8 Å². The maximum atomic E-state index is 9.76. The highest BCUT2D eigenvalue weighted by molar-refractivity contribution is 9.10. The first-order valence-electron chi connectivity index (χ1n) is 10.3. The predicted octanol–water partition coefficient (Wildman–Crippen LogP) is 6.97. The number of rotatable bonds is 8. The quantitative estimate of drug-likeness (QED) is 0.193. The number of para-hydroxylation sites is 2. The number of halogens is 1. The summed E-state index contributed by atoms with van der Waals surface area (Å²) >= 11 is 3.45. The van der Waals surface area contributed by atoms with Crippen LogP contribution in [0.15, 0.2) is 82.2 Å². The van der Waals surface area contributed by atoms with Crippen molar-refractivity contribution in [2.75, 3.05) is 7.11 Å². The molecule has 164 valence electrons. The number of nitriles is 1. The molecule has 5 nitrogen and oxygen atoms in total. The fourth-order valence-electron chi connectivity index (χ4n) is 3.42. The molecule has 4 aromatic rings. The average Bonchev–Trinajstić information content (AvgIpc) is 3.27. The molecule has 0 spiro atoms. The maximum Gasteiger partial charge on any atom is 0.238 e. The lowest BCUT2D eigenvalue weighted by molar-refractivity contribution is 0.282. The summed E-state index contributed by atoms with van der Waals surface area (Å²) in [5.41, 5.74) is 4.38. The summed E-state index contributed by atoms with van der Waals surface area (Å²) < 4.78 is 18.6. The standard InChI is InChI=1S/C27H21BrN2O3/c1-3-6-20-13-19(14-21(16-29)27-30-23-7-4-5-8-24(23)33-27)15-25(31-2)26(20)32-17-18-9-11-22(28)12-10-18/h3-5,7-15H,1,6,17H2,2H3/b21-14+. The van der Waals surface area contributed by atoms with Crippen molar-refractivity contribution < 1.29 is 13.9 Å². The van der Waals surface area contributed by atoms with Crippen LogP contribution in [0.3, 0.4) is 0 Å². The van der Waals surface area contributed by atoms with Crippen LogP contribution in [0.5, 0.6) is 11.5 Å². The molecule has 33 heavy (non-hydrogen) atoms. The largest absolute Gasteiger partial charge is 0.493 e. The Morgan fingerprint density at radius 3 is 2.67 bits per heavy atom. The Morgan fingerprint density at radius 2 is 1.97 bits per heavy atom. The van der Waals surface area contributed by atoms with E-state index in [0.717, 1.165) is 21.2 Å². The number of hydrogen-bond acceptors (Lipinski definition) is 5. The molecule has 0 aliphatic rings. The smallest absolute Gasteiger partial charge is 0.238 e. The Morgan fingerprint density at radius 1 is 1.18 bits per heavy atom. The van der Waals surface area contributed by atoms with Crippen molar-refractivity contribution >= 4 is 38.7 Å². The number of fused-ring (bicyclic) bond motifs is 1. The summed E-state index contributed by atoms with van der Waals surface area (Å²) in [6, 6.07) is 21.4. The van der Waals surface area contributed by atoms with Crippen LogP contribution in [0.25, 0.3) is 22.7 Å². The van der Waals surface area contributed by atoms with Crippen molar-refractivity contribution in [1.29, 1.82) is 5.26 Å². The highest BCUT2D eigenvalue weighted by Crippen LogP contribution is 2.35. The van der Waals surface area contributed by atoms with E-state index < -0.39 is 0 Å². The van der Waals surface area contributed by atoms with Gasteiger partial charge in [0.15, 0.2) is 17.1 Å². The number of methoxy groups -OCH3 is 1. The van der Waals surface area contributed by atoms with Crippen LogP contribution in [-0.4, -0.2) is 12.1 Å². The summed E-state index contributed by atoms with van der Waals surface area (Å²) in [6.07, 6.45) is 4.12. The molecular weight excluding hydrogens is 480 g/mol. The molecule has 0 aliphatic carbocycles. The highest BCUT2D eigenvalue weighted by Gasteiger charge is 2.15. The van der Waals surface area contributed by atoms with Crippen LogP contribution in [0, 0.1) is 11.3 Å². The molecule has 3 aromatic carbocycles. The summed E-state index contributed by atoms with van der Waals surface area (Å²) in [5, 5.41) is 9.76. The molecule has 1 aromatic heterocycles. The lowest BCUT2D eigenvalue weighted by atomic mass is 10.0. The van der Waals surface area contributed by atoms with Crippen LogP contribution in [0.1, 0.15) is 22.6 Å². The molecule has 0 N–H and O–H groups in total. The molecule has 0 radical (unpaired) electrons. The molecule has 0 amide bonds. The summed E-state index contributed by atoms with van der Waals surface area (Å²) in [4.78, 5) is 4.44. The second kappa shape index (κ2) is 10.2. The zero-order valence-electron chi connectivity index (χ0n) is 18.0. The van der Waals surface area contributed by atoms with Crippen molar-refractivity contribution in [3.8, 4) is 17.6 Å². The highest BCUT2D eigenvalue weighted by atomic mass is 79.9. The van der Waals surface area contributed by atoms with Crippen molar-refractivity contribution in [3.63, 3.8) is 0 Å². The topological polar surface area (TPSA) is 68.3 Å². The second-order valence-corrected chi connectivity index (χ2v) is 8.19. The molecule has 0 aliphatic heterocycles. The number of allylic oxidation sites excluding steroid dienone is 2. The Labute approximate surface area is 200 Å². The zero-order valence-corrected chi connectivity index (χ0v) is 19.6. The van der Waals surface area contributed by atoms with Gasteiger partial charge < -0.3 is 13.9 Å². The van der Waals surface area contributed by atoms with E-state index in [4.69, 9.17) is 13.9 Å². The normalized spacial score (nSPS) is 11.2. The maximum absolute atomic E-state index is 9.76. The molecule has 6 heteroatoms. The van der Waals surface area contributed by atoms with Gasteiger partial charge in [0.05, 0.1) is 7.11 Å².